The zero-order valence-electron chi connectivity index (χ0n) is 21.2. The van der Waals surface area contributed by atoms with Crippen molar-refractivity contribution >= 4 is 33.3 Å². The number of carbonyl (C=O) groups excluding carboxylic acids is 2. The highest BCUT2D eigenvalue weighted by molar-refractivity contribution is 7.89. The maximum absolute atomic E-state index is 13.9. The van der Waals surface area contributed by atoms with Crippen LogP contribution in [0, 0.1) is 11.8 Å². The van der Waals surface area contributed by atoms with Crippen LogP contribution in [0.25, 0.3) is 0 Å². The summed E-state index contributed by atoms with van der Waals surface area (Å²) < 4.78 is 35.9. The highest BCUT2D eigenvalue weighted by Gasteiger charge is 2.33. The Labute approximate surface area is 218 Å². The molecule has 8 nitrogen and oxygen atoms in total. The highest BCUT2D eigenvalue weighted by Crippen LogP contribution is 2.36. The molecule has 0 spiro atoms. The van der Waals surface area contributed by atoms with Gasteiger partial charge in [0.2, 0.25) is 15.9 Å². The van der Waals surface area contributed by atoms with Gasteiger partial charge >= 0.3 is 5.97 Å². The van der Waals surface area contributed by atoms with E-state index in [1.807, 2.05) is 23.1 Å². The van der Waals surface area contributed by atoms with Crippen molar-refractivity contribution in [2.75, 3.05) is 29.9 Å². The first-order valence-corrected chi connectivity index (χ1v) is 14.8. The summed E-state index contributed by atoms with van der Waals surface area (Å²) >= 11 is 0. The summed E-state index contributed by atoms with van der Waals surface area (Å²) in [5, 5.41) is 2.89. The number of aryl methyl sites for hydroxylation is 1. The van der Waals surface area contributed by atoms with Gasteiger partial charge in [-0.25, -0.2) is 13.1 Å². The van der Waals surface area contributed by atoms with E-state index in [1.165, 1.54) is 5.56 Å². The predicted molar refractivity (Wildman–Crippen MR) is 142 cm³/mol. The van der Waals surface area contributed by atoms with Crippen LogP contribution in [0.2, 0.25) is 0 Å². The molecule has 2 fully saturated rings. The Balaban J connectivity index is 1.42. The third-order valence-corrected chi connectivity index (χ3v) is 9.09. The summed E-state index contributed by atoms with van der Waals surface area (Å²) in [5.41, 5.74) is 3.26. The van der Waals surface area contributed by atoms with Gasteiger partial charge in [0.15, 0.2) is 0 Å². The van der Waals surface area contributed by atoms with Gasteiger partial charge in [0, 0.05) is 30.7 Å². The van der Waals surface area contributed by atoms with E-state index < -0.39 is 10.0 Å². The lowest BCUT2D eigenvalue weighted by molar-refractivity contribution is -0.148. The molecule has 0 bridgehead atoms. The molecule has 1 unspecified atom stereocenters. The van der Waals surface area contributed by atoms with E-state index in [0.29, 0.717) is 43.9 Å². The van der Waals surface area contributed by atoms with Crippen LogP contribution < -0.4 is 14.9 Å². The molecule has 2 aromatic carbocycles. The van der Waals surface area contributed by atoms with E-state index >= 15 is 0 Å². The number of benzene rings is 2. The van der Waals surface area contributed by atoms with Crippen molar-refractivity contribution in [3.05, 3.63) is 53.6 Å². The smallest absolute Gasteiger partial charge is 0.309 e. The van der Waals surface area contributed by atoms with E-state index in [1.54, 1.807) is 25.1 Å². The first-order chi connectivity index (χ1) is 17.9. The van der Waals surface area contributed by atoms with Crippen LogP contribution in [-0.2, 0) is 30.8 Å². The van der Waals surface area contributed by atoms with Crippen molar-refractivity contribution in [3.8, 4) is 0 Å². The van der Waals surface area contributed by atoms with Crippen LogP contribution in [0.3, 0.4) is 0 Å². The fourth-order valence-electron chi connectivity index (χ4n) is 5.40. The van der Waals surface area contributed by atoms with Crippen molar-refractivity contribution in [1.82, 2.24) is 4.72 Å². The first-order valence-electron chi connectivity index (χ1n) is 13.3. The van der Waals surface area contributed by atoms with Gasteiger partial charge in [0.1, 0.15) is 4.90 Å². The van der Waals surface area contributed by atoms with Gasteiger partial charge in [-0.05, 0) is 81.2 Å². The summed E-state index contributed by atoms with van der Waals surface area (Å²) in [7, 11) is -3.92. The molecule has 2 N–H and O–H groups in total. The van der Waals surface area contributed by atoms with E-state index in [0.717, 1.165) is 37.7 Å². The largest absolute Gasteiger partial charge is 0.466 e. The summed E-state index contributed by atoms with van der Waals surface area (Å²) in [4.78, 5) is 26.8. The standard InChI is InChI=1S/C28H35N3O5S/c1-2-36-28(33)21-14-16-31(17-15-21)25-13-12-22(29-27(32)20-10-11-20)18-26(25)37(34,35)30-24-9-5-7-19-6-3-4-8-23(19)24/h3-4,6,8,12-13,18,20-21,24,30H,2,5,7,9-11,14-17H2,1H3,(H,29,32). The fraction of sp³-hybridized carbons (Fsp3) is 0.500. The second-order valence-corrected chi connectivity index (χ2v) is 11.9. The van der Waals surface area contributed by atoms with Crippen LogP contribution >= 0.6 is 0 Å². The first kappa shape index (κ1) is 25.7. The van der Waals surface area contributed by atoms with Gasteiger partial charge < -0.3 is 15.0 Å². The second kappa shape index (κ2) is 10.8. The maximum atomic E-state index is 13.9. The number of carbonyl (C=O) groups is 2. The SMILES string of the molecule is CCOC(=O)C1CCN(c2ccc(NC(=O)C3CC3)cc2S(=O)(=O)NC2CCCc3ccccc32)CC1. The number of anilines is 2. The fourth-order valence-corrected chi connectivity index (χ4v) is 6.90. The molecule has 9 heteroatoms. The van der Waals surface area contributed by atoms with E-state index in [9.17, 15) is 18.0 Å². The topological polar surface area (TPSA) is 105 Å². The molecule has 198 valence electrons. The van der Waals surface area contributed by atoms with E-state index in [-0.39, 0.29) is 34.6 Å². The number of hydrogen-bond acceptors (Lipinski definition) is 6. The van der Waals surface area contributed by atoms with Crippen LogP contribution in [-0.4, -0.2) is 40.0 Å². The van der Waals surface area contributed by atoms with Gasteiger partial charge in [0.25, 0.3) is 0 Å². The highest BCUT2D eigenvalue weighted by atomic mass is 32.2. The van der Waals surface area contributed by atoms with Gasteiger partial charge in [0.05, 0.1) is 18.2 Å². The number of rotatable bonds is 8. The Kier molecular flexibility index (Phi) is 7.53. The third kappa shape index (κ3) is 5.83. The van der Waals surface area contributed by atoms with E-state index in [2.05, 4.69) is 16.1 Å². The minimum absolute atomic E-state index is 0.0125. The Morgan fingerprint density at radius 3 is 2.49 bits per heavy atom. The number of piperidine rings is 1. The lowest BCUT2D eigenvalue weighted by atomic mass is 9.88. The molecule has 0 aromatic heterocycles. The molecule has 2 aliphatic carbocycles. The molecule has 1 amide bonds. The molecule has 1 saturated heterocycles. The molecule has 37 heavy (non-hydrogen) atoms. The van der Waals surface area contributed by atoms with Crippen molar-refractivity contribution in [3.63, 3.8) is 0 Å². The van der Waals surface area contributed by atoms with Crippen LogP contribution in [0.4, 0.5) is 11.4 Å². The Bertz CT molecular complexity index is 1270. The molecule has 2 aromatic rings. The molecule has 0 radical (unpaired) electrons. The van der Waals surface area contributed by atoms with Gasteiger partial charge in [-0.15, -0.1) is 0 Å². The Morgan fingerprint density at radius 1 is 1.00 bits per heavy atom. The summed E-state index contributed by atoms with van der Waals surface area (Å²) in [6.07, 6.45) is 5.52. The average molecular weight is 526 g/mol. The van der Waals surface area contributed by atoms with Crippen LogP contribution in [0.5, 0.6) is 0 Å². The number of amides is 1. The lowest BCUT2D eigenvalue weighted by Crippen LogP contribution is -2.38. The van der Waals surface area contributed by atoms with E-state index in [4.69, 9.17) is 4.74 Å². The molecule has 1 heterocycles. The average Bonchev–Trinajstić information content (AvgIpc) is 3.75. The number of esters is 1. The summed E-state index contributed by atoms with van der Waals surface area (Å²) in [6, 6.07) is 12.8. The van der Waals surface area contributed by atoms with Crippen molar-refractivity contribution in [1.29, 1.82) is 0 Å². The monoisotopic (exact) mass is 525 g/mol. The van der Waals surface area contributed by atoms with Crippen LogP contribution in [0.15, 0.2) is 47.4 Å². The van der Waals surface area contributed by atoms with Crippen molar-refractivity contribution in [2.24, 2.45) is 11.8 Å². The normalized spacial score (nSPS) is 20.2. The van der Waals surface area contributed by atoms with Crippen LogP contribution in [0.1, 0.15) is 62.6 Å². The molecule has 1 saturated carbocycles. The number of fused-ring (bicyclic) bond motifs is 1. The molecule has 5 rings (SSSR count). The molecule has 1 aliphatic heterocycles. The predicted octanol–water partition coefficient (Wildman–Crippen LogP) is 4.17. The van der Waals surface area contributed by atoms with Crippen molar-refractivity contribution in [2.45, 2.75) is 62.8 Å². The number of nitrogens with zero attached hydrogens (tertiary/aromatic N) is 1. The molecule has 3 aliphatic rings. The number of hydrogen-bond donors (Lipinski definition) is 2. The summed E-state index contributed by atoms with van der Waals surface area (Å²) in [6.45, 7) is 3.25. The lowest BCUT2D eigenvalue weighted by Gasteiger charge is -2.34. The Morgan fingerprint density at radius 2 is 1.76 bits per heavy atom. The second-order valence-electron chi connectivity index (χ2n) is 10.2. The van der Waals surface area contributed by atoms with Gasteiger partial charge in [-0.1, -0.05) is 24.3 Å². The molecular weight excluding hydrogens is 490 g/mol. The number of sulfonamides is 1. The summed E-state index contributed by atoms with van der Waals surface area (Å²) in [5.74, 6) is -0.421. The Hall–Kier alpha value is -2.91. The van der Waals surface area contributed by atoms with Gasteiger partial charge in [-0.3, -0.25) is 9.59 Å². The maximum Gasteiger partial charge on any atom is 0.309 e. The van der Waals surface area contributed by atoms with Gasteiger partial charge in [-0.2, -0.15) is 0 Å². The number of nitrogens with one attached hydrogen (secondary N) is 2. The third-order valence-electron chi connectivity index (χ3n) is 7.59. The minimum atomic E-state index is -3.92. The zero-order valence-corrected chi connectivity index (χ0v) is 22.1. The zero-order chi connectivity index (χ0) is 26.0. The quantitative estimate of drug-likeness (QED) is 0.501. The molecule has 1 atom stereocenters. The minimum Gasteiger partial charge on any atom is -0.466 e. The molecular formula is C28H35N3O5S. The van der Waals surface area contributed by atoms with Crippen molar-refractivity contribution < 1.29 is 22.7 Å². The number of ether oxygens (including phenoxy) is 1.